The largest absolute Gasteiger partial charge is 0.533 e. The van der Waals surface area contributed by atoms with Crippen molar-refractivity contribution >= 4 is 16.0 Å². The van der Waals surface area contributed by atoms with Gasteiger partial charge >= 0.3 is 0 Å². The second kappa shape index (κ2) is 7.33. The van der Waals surface area contributed by atoms with Gasteiger partial charge in [-0.1, -0.05) is 0 Å². The van der Waals surface area contributed by atoms with Gasteiger partial charge in [0.15, 0.2) is 16.0 Å². The quantitative estimate of drug-likeness (QED) is 0.313. The number of quaternary nitrogens is 2. The smallest absolute Gasteiger partial charge is 0.167 e. The van der Waals surface area contributed by atoms with Crippen LogP contribution in [0.1, 0.15) is 25.7 Å². The van der Waals surface area contributed by atoms with Crippen LogP contribution in [0.25, 0.3) is 0 Å². The lowest BCUT2D eigenvalue weighted by Gasteiger charge is -2.29. The molecule has 0 aromatic carbocycles. The Balaban J connectivity index is 0.000000160. The van der Waals surface area contributed by atoms with Gasteiger partial charge in [0.25, 0.3) is 0 Å². The van der Waals surface area contributed by atoms with Gasteiger partial charge < -0.3 is 21.1 Å². The summed E-state index contributed by atoms with van der Waals surface area (Å²) in [6, 6.07) is 1.08. The second-order valence-corrected chi connectivity index (χ2v) is 4.17. The summed E-state index contributed by atoms with van der Waals surface area (Å²) in [4.78, 5) is 3.76. The molecule has 2 aliphatic rings. The van der Waals surface area contributed by atoms with E-state index in [1.807, 2.05) is 9.62 Å². The van der Waals surface area contributed by atoms with Crippen molar-refractivity contribution < 1.29 is 9.62 Å². The summed E-state index contributed by atoms with van der Waals surface area (Å²) in [7, 11) is 1.13. The molecule has 2 fully saturated rings. The lowest BCUT2D eigenvalue weighted by Crippen LogP contribution is -3.11. The maximum Gasteiger partial charge on any atom is 0.167 e. The molecule has 0 aromatic rings. The molecule has 16 heavy (non-hydrogen) atoms. The third-order valence-corrected chi connectivity index (χ3v) is 2.77. The highest BCUT2D eigenvalue weighted by Crippen LogP contribution is 1.93. The molecule has 0 saturated carbocycles. The second-order valence-electron chi connectivity index (χ2n) is 4.17. The summed E-state index contributed by atoms with van der Waals surface area (Å²) < 4.78 is 0. The van der Waals surface area contributed by atoms with Crippen LogP contribution in [-0.4, -0.2) is 54.2 Å². The SMILES string of the molecule is [BH3-][NH+]1CCC(N)CC1.[BH3-][NH+]1CCC(N)CC1. The van der Waals surface area contributed by atoms with Gasteiger partial charge in [0, 0.05) is 63.9 Å². The monoisotopic (exact) mass is 228 g/mol. The van der Waals surface area contributed by atoms with Crippen molar-refractivity contribution in [1.29, 1.82) is 0 Å². The molecule has 4 nitrogen and oxygen atoms in total. The molecule has 2 heterocycles. The summed E-state index contributed by atoms with van der Waals surface area (Å²) >= 11 is 0. The van der Waals surface area contributed by atoms with Gasteiger partial charge in [-0.2, -0.15) is 0 Å². The number of piperidine rings is 2. The lowest BCUT2D eigenvalue weighted by atomic mass is 10.0. The van der Waals surface area contributed by atoms with Gasteiger partial charge in [0.05, 0.1) is 0 Å². The van der Waals surface area contributed by atoms with Crippen molar-refractivity contribution in [1.82, 2.24) is 0 Å². The zero-order chi connectivity index (χ0) is 12.0. The summed E-state index contributed by atoms with van der Waals surface area (Å²) in [6.07, 6.45) is 5.11. The maximum atomic E-state index is 5.71. The van der Waals surface area contributed by atoms with Crippen LogP contribution in [-0.2, 0) is 0 Å². The Hall–Kier alpha value is -0.0301. The van der Waals surface area contributed by atoms with Crippen molar-refractivity contribution in [2.75, 3.05) is 26.2 Å². The van der Waals surface area contributed by atoms with Crippen molar-refractivity contribution in [2.24, 2.45) is 11.5 Å². The molecule has 0 aromatic heterocycles. The van der Waals surface area contributed by atoms with Crippen molar-refractivity contribution in [3.63, 3.8) is 0 Å². The van der Waals surface area contributed by atoms with Gasteiger partial charge in [-0.3, -0.25) is 0 Å². The Morgan fingerprint density at radius 2 is 0.938 bits per heavy atom. The molecule has 6 heteroatoms. The first-order valence-electron chi connectivity index (χ1n) is 5.71. The number of hydrogen-bond acceptors (Lipinski definition) is 2. The van der Waals surface area contributed by atoms with Crippen molar-refractivity contribution in [3.05, 3.63) is 0 Å². The number of hydrogen-bond donors (Lipinski definition) is 4. The van der Waals surface area contributed by atoms with E-state index in [4.69, 9.17) is 11.5 Å². The average molecular weight is 228 g/mol. The minimum Gasteiger partial charge on any atom is -0.533 e. The number of nitrogens with two attached hydrogens (primary N) is 2. The van der Waals surface area contributed by atoms with Crippen molar-refractivity contribution in [3.8, 4) is 0 Å². The molecular weight excluding hydrogens is 198 g/mol. The van der Waals surface area contributed by atoms with Crippen LogP contribution in [0.3, 0.4) is 0 Å². The highest BCUT2D eigenvalue weighted by Gasteiger charge is 2.11. The molecule has 0 radical (unpaired) electrons. The Morgan fingerprint density at radius 3 is 1.12 bits per heavy atom. The van der Waals surface area contributed by atoms with Gasteiger partial charge in [-0.25, -0.2) is 0 Å². The van der Waals surface area contributed by atoms with E-state index in [1.54, 1.807) is 0 Å². The predicted octanol–water partition coefficient (Wildman–Crippen LogP) is -5.45. The molecule has 0 aliphatic carbocycles. The van der Waals surface area contributed by atoms with Crippen LogP contribution in [0.5, 0.6) is 0 Å². The molecule has 2 rings (SSSR count). The zero-order valence-corrected chi connectivity index (χ0v) is 8.97. The summed E-state index contributed by atoms with van der Waals surface area (Å²) in [5, 5.41) is 0. The molecule has 96 valence electrons. The van der Waals surface area contributed by atoms with Crippen molar-refractivity contribution in [2.45, 2.75) is 37.8 Å². The van der Waals surface area contributed by atoms with E-state index in [0.717, 1.165) is 0 Å². The summed E-state index contributed by atoms with van der Waals surface area (Å²) in [6.45, 7) is 5.50. The van der Waals surface area contributed by atoms with E-state index in [2.05, 4.69) is 0 Å². The minimum absolute atomic E-state index is 0.539. The normalized spacial score (nSPS) is 39.8. The van der Waals surface area contributed by atoms with Crippen LogP contribution in [0.4, 0.5) is 0 Å². The number of rotatable bonds is 0. The first-order chi connectivity index (χ1) is 7.58. The molecule has 0 spiro atoms. The highest BCUT2D eigenvalue weighted by atomic mass is 15.0. The van der Waals surface area contributed by atoms with Crippen LogP contribution in [0.15, 0.2) is 0 Å². The predicted molar refractivity (Wildman–Crippen MR) is 75.7 cm³/mol. The Morgan fingerprint density at radius 1 is 0.688 bits per heavy atom. The number of nitrogens with one attached hydrogen (secondary N) is 2. The Kier molecular flexibility index (Phi) is 6.42. The Bertz CT molecular complexity index is 138. The topological polar surface area (TPSA) is 60.9 Å². The molecule has 0 atom stereocenters. The lowest BCUT2D eigenvalue weighted by molar-refractivity contribution is -0.785. The van der Waals surface area contributed by atoms with Gasteiger partial charge in [-0.15, -0.1) is 0 Å². The van der Waals surface area contributed by atoms with E-state index in [0.29, 0.717) is 28.0 Å². The molecule has 6 N–H and O–H groups in total. The van der Waals surface area contributed by atoms with Gasteiger partial charge in [0.2, 0.25) is 0 Å². The molecular formula is C10H30B2N4. The van der Waals surface area contributed by atoms with Gasteiger partial charge in [0.1, 0.15) is 0 Å². The molecule has 0 unspecified atom stereocenters. The fraction of sp³-hybridized carbons (Fsp3) is 1.00. The average Bonchev–Trinajstić information content (AvgIpc) is 2.28. The third-order valence-electron chi connectivity index (χ3n) is 2.77. The highest BCUT2D eigenvalue weighted by molar-refractivity contribution is 5.95. The van der Waals surface area contributed by atoms with E-state index in [1.165, 1.54) is 51.9 Å². The zero-order valence-electron chi connectivity index (χ0n) is 8.97. The first-order valence-corrected chi connectivity index (χ1v) is 5.71. The van der Waals surface area contributed by atoms with Crippen LogP contribution in [0, 0.1) is 0 Å². The fourth-order valence-electron chi connectivity index (χ4n) is 1.69. The summed E-state index contributed by atoms with van der Waals surface area (Å²) in [5.41, 5.74) is 11.4. The van der Waals surface area contributed by atoms with Crippen LogP contribution in [0.2, 0.25) is 0 Å². The van der Waals surface area contributed by atoms with E-state index < -0.39 is 0 Å². The minimum atomic E-state index is 0.539. The third kappa shape index (κ3) is 5.89. The standard InChI is InChI=1S/2C5H15BN2/c2*6-8-3-1-5(7)2-4-8/h2*5,8H,1-4,7H2,6H3. The van der Waals surface area contributed by atoms with E-state index in [-0.39, 0.29) is 0 Å². The van der Waals surface area contributed by atoms with E-state index in [9.17, 15) is 0 Å². The Labute approximate surface area is 102 Å². The summed E-state index contributed by atoms with van der Waals surface area (Å²) in [5.74, 6) is 0. The molecule has 0 bridgehead atoms. The molecule has 2 saturated heterocycles. The van der Waals surface area contributed by atoms with Gasteiger partial charge in [-0.05, 0) is 0 Å². The van der Waals surface area contributed by atoms with Crippen LogP contribution >= 0.6 is 0 Å². The fourth-order valence-corrected chi connectivity index (χ4v) is 1.69. The van der Waals surface area contributed by atoms with E-state index >= 15 is 0 Å². The van der Waals surface area contributed by atoms with Crippen LogP contribution < -0.4 is 21.1 Å². The first kappa shape index (κ1) is 14.0. The maximum absolute atomic E-state index is 5.71. The molecule has 0 amide bonds. The molecule has 2 aliphatic heterocycles.